The van der Waals surface area contributed by atoms with Crippen molar-refractivity contribution in [3.8, 4) is 0 Å². The second-order valence-electron chi connectivity index (χ2n) is 2.52. The maximum absolute atomic E-state index is 11.8. The van der Waals surface area contributed by atoms with E-state index in [1.54, 1.807) is 0 Å². The molecular formula is C5H7F3MgO6S. The summed E-state index contributed by atoms with van der Waals surface area (Å²) < 4.78 is 68.3. The monoisotopic (exact) mass is 276 g/mol. The molecule has 0 unspecified atom stereocenters. The standard InChI is InChI=1S/C5H5F3O6S.Mg.2H/c1-12-3(9)4(2-13-4)14-15(10,11)5(6,7)8;;;/h2H2,1H3;;;/t4-;;;/m0.../s1. The van der Waals surface area contributed by atoms with E-state index in [1.165, 1.54) is 0 Å². The maximum atomic E-state index is 11.8. The van der Waals surface area contributed by atoms with Gasteiger partial charge in [-0.05, 0) is 0 Å². The zero-order valence-corrected chi connectivity index (χ0v) is 8.02. The minimum absolute atomic E-state index is 0. The van der Waals surface area contributed by atoms with Gasteiger partial charge in [0.1, 0.15) is 6.61 Å². The lowest BCUT2D eigenvalue weighted by atomic mass is 10.4. The van der Waals surface area contributed by atoms with Gasteiger partial charge in [-0.2, -0.15) is 21.6 Å². The van der Waals surface area contributed by atoms with Crippen molar-refractivity contribution in [2.24, 2.45) is 0 Å². The highest BCUT2D eigenvalue weighted by Gasteiger charge is 2.63. The van der Waals surface area contributed by atoms with Crippen LogP contribution in [0.3, 0.4) is 0 Å². The molecule has 0 aliphatic carbocycles. The van der Waals surface area contributed by atoms with Gasteiger partial charge in [0.2, 0.25) is 0 Å². The summed E-state index contributed by atoms with van der Waals surface area (Å²) >= 11 is 0. The number of halogens is 3. The molecule has 1 fully saturated rings. The molecule has 0 aromatic heterocycles. The zero-order valence-electron chi connectivity index (χ0n) is 7.20. The lowest BCUT2D eigenvalue weighted by Gasteiger charge is -2.12. The summed E-state index contributed by atoms with van der Waals surface area (Å²) in [6.45, 7) is -0.602. The third-order valence-electron chi connectivity index (χ3n) is 1.43. The van der Waals surface area contributed by atoms with Gasteiger partial charge in [-0.25, -0.2) is 8.98 Å². The molecule has 6 nitrogen and oxygen atoms in total. The maximum Gasteiger partial charge on any atom is 0.523 e. The van der Waals surface area contributed by atoms with Crippen LogP contribution in [0.15, 0.2) is 0 Å². The van der Waals surface area contributed by atoms with Crippen LogP contribution in [-0.4, -0.2) is 62.5 Å². The van der Waals surface area contributed by atoms with Gasteiger partial charge in [-0.3, -0.25) is 0 Å². The van der Waals surface area contributed by atoms with Gasteiger partial charge in [0.05, 0.1) is 7.11 Å². The van der Waals surface area contributed by atoms with Crippen molar-refractivity contribution in [1.82, 2.24) is 0 Å². The Morgan fingerprint density at radius 3 is 2.12 bits per heavy atom. The first-order chi connectivity index (χ1) is 6.65. The number of hydrogen-bond donors (Lipinski definition) is 0. The van der Waals surface area contributed by atoms with Crippen molar-refractivity contribution in [3.63, 3.8) is 0 Å². The van der Waals surface area contributed by atoms with E-state index in [-0.39, 0.29) is 23.1 Å². The van der Waals surface area contributed by atoms with Gasteiger partial charge >= 0.3 is 50.4 Å². The molecule has 0 aromatic rings. The fourth-order valence-electron chi connectivity index (χ4n) is 0.645. The van der Waals surface area contributed by atoms with Crippen LogP contribution in [0.25, 0.3) is 0 Å². The number of hydrogen-bond acceptors (Lipinski definition) is 6. The number of alkyl halides is 3. The van der Waals surface area contributed by atoms with Crippen LogP contribution >= 0.6 is 0 Å². The fraction of sp³-hybridized carbons (Fsp3) is 0.800. The van der Waals surface area contributed by atoms with E-state index in [0.29, 0.717) is 0 Å². The van der Waals surface area contributed by atoms with Crippen LogP contribution in [0, 0.1) is 0 Å². The third-order valence-corrected chi connectivity index (χ3v) is 2.49. The number of rotatable bonds is 3. The Kier molecular flexibility index (Phi) is 4.61. The van der Waals surface area contributed by atoms with Crippen LogP contribution in [0.1, 0.15) is 0 Å². The third kappa shape index (κ3) is 2.97. The Bertz CT molecular complexity index is 372. The van der Waals surface area contributed by atoms with E-state index in [4.69, 9.17) is 0 Å². The van der Waals surface area contributed by atoms with E-state index in [9.17, 15) is 26.4 Å². The molecule has 0 radical (unpaired) electrons. The normalized spacial score (nSPS) is 24.5. The van der Waals surface area contributed by atoms with E-state index < -0.39 is 34.0 Å². The molecule has 0 aromatic carbocycles. The van der Waals surface area contributed by atoms with Crippen LogP contribution in [-0.2, 0) is 28.6 Å². The van der Waals surface area contributed by atoms with Crippen molar-refractivity contribution in [2.75, 3.05) is 13.7 Å². The van der Waals surface area contributed by atoms with E-state index in [0.717, 1.165) is 7.11 Å². The Morgan fingerprint density at radius 2 is 1.88 bits per heavy atom. The van der Waals surface area contributed by atoms with Crippen LogP contribution in [0.4, 0.5) is 13.2 Å². The summed E-state index contributed by atoms with van der Waals surface area (Å²) in [7, 11) is -5.02. The lowest BCUT2D eigenvalue weighted by Crippen LogP contribution is -2.37. The highest BCUT2D eigenvalue weighted by atomic mass is 32.2. The summed E-state index contributed by atoms with van der Waals surface area (Å²) in [5.74, 6) is -3.81. The molecule has 1 aliphatic rings. The van der Waals surface area contributed by atoms with Crippen LogP contribution in [0.5, 0.6) is 0 Å². The number of esters is 1. The Labute approximate surface area is 104 Å². The predicted octanol–water partition coefficient (Wildman–Crippen LogP) is -1.16. The molecule has 11 heteroatoms. The van der Waals surface area contributed by atoms with Gasteiger partial charge < -0.3 is 9.47 Å². The van der Waals surface area contributed by atoms with Gasteiger partial charge in [0, 0.05) is 0 Å². The zero-order chi connectivity index (χ0) is 11.9. The molecular weight excluding hydrogens is 269 g/mol. The topological polar surface area (TPSA) is 82.2 Å². The first kappa shape index (κ1) is 15.9. The van der Waals surface area contributed by atoms with Crippen molar-refractivity contribution in [3.05, 3.63) is 0 Å². The van der Waals surface area contributed by atoms with Gasteiger partial charge in [0.15, 0.2) is 0 Å². The van der Waals surface area contributed by atoms with Crippen molar-refractivity contribution in [2.45, 2.75) is 11.3 Å². The number of epoxide rings is 1. The molecule has 0 amide bonds. The second kappa shape index (κ2) is 4.64. The van der Waals surface area contributed by atoms with Crippen molar-refractivity contribution >= 4 is 39.1 Å². The number of methoxy groups -OCH3 is 1. The Hall–Kier alpha value is -0.104. The Balaban J connectivity index is 0.00000225. The van der Waals surface area contributed by atoms with E-state index in [1.807, 2.05) is 0 Å². The van der Waals surface area contributed by atoms with Gasteiger partial charge in [0.25, 0.3) is 0 Å². The molecule has 0 N–H and O–H groups in total. The summed E-state index contributed by atoms with van der Waals surface area (Å²) in [6, 6.07) is 0. The van der Waals surface area contributed by atoms with E-state index in [2.05, 4.69) is 13.7 Å². The van der Waals surface area contributed by atoms with Crippen LogP contribution < -0.4 is 0 Å². The minimum atomic E-state index is -5.87. The molecule has 1 rings (SSSR count). The molecule has 0 bridgehead atoms. The number of ether oxygens (including phenoxy) is 2. The molecule has 0 spiro atoms. The van der Waals surface area contributed by atoms with Crippen molar-refractivity contribution in [1.29, 1.82) is 0 Å². The molecule has 0 saturated carbocycles. The molecule has 16 heavy (non-hydrogen) atoms. The summed E-state index contributed by atoms with van der Waals surface area (Å²) in [4.78, 5) is 10.8. The summed E-state index contributed by atoms with van der Waals surface area (Å²) in [6.07, 6.45) is 0. The predicted molar refractivity (Wildman–Crippen MR) is 45.3 cm³/mol. The molecule has 1 saturated heterocycles. The average Bonchev–Trinajstić information content (AvgIpc) is 2.81. The summed E-state index contributed by atoms with van der Waals surface area (Å²) in [5.41, 5.74) is -5.61. The lowest BCUT2D eigenvalue weighted by molar-refractivity contribution is -0.159. The highest BCUT2D eigenvalue weighted by molar-refractivity contribution is 7.87. The number of carbonyl (C=O) groups is 1. The number of carbonyl (C=O) groups excluding carboxylic acids is 1. The quantitative estimate of drug-likeness (QED) is 0.212. The SMILES string of the molecule is COC(=O)[C@@]1(OS(=O)(=O)C(F)(F)F)CO1.[MgH2]. The molecule has 1 atom stereocenters. The van der Waals surface area contributed by atoms with Crippen LogP contribution in [0.2, 0.25) is 0 Å². The fourth-order valence-corrected chi connectivity index (χ4v) is 1.26. The Morgan fingerprint density at radius 1 is 1.44 bits per heavy atom. The van der Waals surface area contributed by atoms with Gasteiger partial charge in [-0.15, -0.1) is 0 Å². The first-order valence-corrected chi connectivity index (χ1v) is 4.80. The smallest absolute Gasteiger partial charge is 0.465 e. The summed E-state index contributed by atoms with van der Waals surface area (Å²) in [5, 5.41) is 0. The largest absolute Gasteiger partial charge is 0.523 e. The molecule has 1 heterocycles. The molecule has 92 valence electrons. The van der Waals surface area contributed by atoms with Gasteiger partial charge in [-0.1, -0.05) is 0 Å². The average molecular weight is 276 g/mol. The minimum Gasteiger partial charge on any atom is -0.465 e. The second-order valence-corrected chi connectivity index (χ2v) is 4.05. The highest BCUT2D eigenvalue weighted by Crippen LogP contribution is 2.36. The van der Waals surface area contributed by atoms with E-state index >= 15 is 0 Å². The molecule has 1 aliphatic heterocycles. The first-order valence-electron chi connectivity index (χ1n) is 3.39. The van der Waals surface area contributed by atoms with Crippen molar-refractivity contribution < 1.29 is 40.0 Å².